The number of nitrogens with one attached hydrogen (secondary N) is 1. The molecule has 1 aliphatic heterocycles. The molecule has 0 aliphatic carbocycles. The molecule has 5 heteroatoms. The third kappa shape index (κ3) is 5.08. The Bertz CT molecular complexity index is 753. The van der Waals surface area contributed by atoms with Crippen LogP contribution in [0.4, 0.5) is 10.5 Å². The molecule has 1 saturated heterocycles. The molecule has 0 saturated carbocycles. The molecular formula is C21H23N3O2. The van der Waals surface area contributed by atoms with Crippen molar-refractivity contribution in [3.63, 3.8) is 0 Å². The molecule has 0 unspecified atom stereocenters. The van der Waals surface area contributed by atoms with Crippen LogP contribution in [0.15, 0.2) is 54.6 Å². The Hall–Kier alpha value is -2.84. The Labute approximate surface area is 154 Å². The van der Waals surface area contributed by atoms with Crippen LogP contribution in [-0.4, -0.2) is 30.6 Å². The van der Waals surface area contributed by atoms with E-state index in [-0.39, 0.29) is 6.03 Å². The molecule has 1 heterocycles. The summed E-state index contributed by atoms with van der Waals surface area (Å²) in [4.78, 5) is 14.2. The molecule has 5 nitrogen and oxygen atoms in total. The van der Waals surface area contributed by atoms with Crippen LogP contribution in [0, 0.1) is 17.2 Å². The van der Waals surface area contributed by atoms with Crippen molar-refractivity contribution in [3.05, 3.63) is 65.7 Å². The standard InChI is InChI=1S/C21H23N3O2/c22-12-10-17-6-8-20(9-7-17)23-21(25)24-13-11-19(14-24)16-26-15-18-4-2-1-3-5-18/h1-9,19H,10-11,13-16H2,(H,23,25)/t19-/m1/s1. The molecule has 26 heavy (non-hydrogen) atoms. The monoisotopic (exact) mass is 349 g/mol. The van der Waals surface area contributed by atoms with Gasteiger partial charge in [-0.05, 0) is 29.7 Å². The van der Waals surface area contributed by atoms with Gasteiger partial charge in [0.25, 0.3) is 0 Å². The van der Waals surface area contributed by atoms with Gasteiger partial charge < -0.3 is 15.0 Å². The number of nitrogens with zero attached hydrogens (tertiary/aromatic N) is 2. The van der Waals surface area contributed by atoms with Gasteiger partial charge in [0.05, 0.1) is 25.7 Å². The maximum atomic E-state index is 12.4. The first-order chi connectivity index (χ1) is 12.7. The van der Waals surface area contributed by atoms with E-state index in [2.05, 4.69) is 23.5 Å². The van der Waals surface area contributed by atoms with E-state index < -0.39 is 0 Å². The summed E-state index contributed by atoms with van der Waals surface area (Å²) >= 11 is 0. The van der Waals surface area contributed by atoms with Crippen molar-refractivity contribution in [1.29, 1.82) is 5.26 Å². The van der Waals surface area contributed by atoms with E-state index in [0.717, 1.165) is 24.2 Å². The topological polar surface area (TPSA) is 65.4 Å². The number of hydrogen-bond acceptors (Lipinski definition) is 3. The molecule has 2 aromatic rings. The summed E-state index contributed by atoms with van der Waals surface area (Å²) in [7, 11) is 0. The van der Waals surface area contributed by atoms with Crippen LogP contribution in [-0.2, 0) is 17.8 Å². The highest BCUT2D eigenvalue weighted by molar-refractivity contribution is 5.89. The van der Waals surface area contributed by atoms with Gasteiger partial charge in [-0.1, -0.05) is 42.5 Å². The highest BCUT2D eigenvalue weighted by atomic mass is 16.5. The van der Waals surface area contributed by atoms with E-state index in [1.54, 1.807) is 0 Å². The van der Waals surface area contributed by atoms with E-state index in [1.807, 2.05) is 47.4 Å². The summed E-state index contributed by atoms with van der Waals surface area (Å²) in [5.41, 5.74) is 2.86. The second-order valence-corrected chi connectivity index (χ2v) is 6.56. The molecule has 2 aromatic carbocycles. The number of urea groups is 1. The Morgan fingerprint density at radius 3 is 2.65 bits per heavy atom. The number of benzene rings is 2. The van der Waals surface area contributed by atoms with Crippen LogP contribution in [0.5, 0.6) is 0 Å². The van der Waals surface area contributed by atoms with Crippen molar-refractivity contribution < 1.29 is 9.53 Å². The fourth-order valence-corrected chi connectivity index (χ4v) is 3.07. The van der Waals surface area contributed by atoms with Gasteiger partial charge >= 0.3 is 6.03 Å². The first-order valence-electron chi connectivity index (χ1n) is 8.88. The predicted molar refractivity (Wildman–Crippen MR) is 101 cm³/mol. The summed E-state index contributed by atoms with van der Waals surface area (Å²) < 4.78 is 5.80. The van der Waals surface area contributed by atoms with Crippen molar-refractivity contribution in [2.24, 2.45) is 5.92 Å². The van der Waals surface area contributed by atoms with E-state index in [1.165, 1.54) is 5.56 Å². The average molecular weight is 349 g/mol. The van der Waals surface area contributed by atoms with Crippen LogP contribution in [0.2, 0.25) is 0 Å². The number of rotatable bonds is 6. The number of carbonyl (C=O) groups is 1. The number of likely N-dealkylation sites (tertiary alicyclic amines) is 1. The maximum Gasteiger partial charge on any atom is 0.321 e. The molecule has 0 radical (unpaired) electrons. The first kappa shape index (κ1) is 18.0. The van der Waals surface area contributed by atoms with Crippen LogP contribution >= 0.6 is 0 Å². The van der Waals surface area contributed by atoms with Gasteiger partial charge in [-0.2, -0.15) is 5.26 Å². The Morgan fingerprint density at radius 2 is 1.92 bits per heavy atom. The van der Waals surface area contributed by atoms with E-state index >= 15 is 0 Å². The molecule has 0 spiro atoms. The molecule has 0 aromatic heterocycles. The minimum atomic E-state index is -0.0800. The molecule has 2 amide bonds. The average Bonchev–Trinajstić information content (AvgIpc) is 3.14. The minimum absolute atomic E-state index is 0.0800. The maximum absolute atomic E-state index is 12.4. The quantitative estimate of drug-likeness (QED) is 0.862. The summed E-state index contributed by atoms with van der Waals surface area (Å²) in [6, 6.07) is 19.5. The lowest BCUT2D eigenvalue weighted by Crippen LogP contribution is -2.33. The molecular weight excluding hydrogens is 326 g/mol. The zero-order chi connectivity index (χ0) is 18.2. The molecule has 1 fully saturated rings. The molecule has 1 N–H and O–H groups in total. The number of amides is 2. The van der Waals surface area contributed by atoms with E-state index in [9.17, 15) is 4.79 Å². The Balaban J connectivity index is 1.41. The van der Waals surface area contributed by atoms with Gasteiger partial charge in [-0.15, -0.1) is 0 Å². The summed E-state index contributed by atoms with van der Waals surface area (Å²) in [6.07, 6.45) is 1.34. The lowest BCUT2D eigenvalue weighted by Gasteiger charge is -2.17. The van der Waals surface area contributed by atoms with Gasteiger partial charge in [0.1, 0.15) is 0 Å². The fraction of sp³-hybridized carbons (Fsp3) is 0.333. The molecule has 1 aliphatic rings. The Kier molecular flexibility index (Phi) is 6.24. The molecule has 134 valence electrons. The molecule has 1 atom stereocenters. The summed E-state index contributed by atoms with van der Waals surface area (Å²) in [5, 5.41) is 11.6. The Morgan fingerprint density at radius 1 is 1.15 bits per heavy atom. The summed E-state index contributed by atoms with van der Waals surface area (Å²) in [6.45, 7) is 2.74. The second-order valence-electron chi connectivity index (χ2n) is 6.56. The number of hydrogen-bond donors (Lipinski definition) is 1. The minimum Gasteiger partial charge on any atom is -0.376 e. The second kappa shape index (κ2) is 9.02. The number of nitriles is 1. The van der Waals surface area contributed by atoms with Gasteiger partial charge in [-0.25, -0.2) is 4.79 Å². The van der Waals surface area contributed by atoms with Crippen LogP contribution in [0.3, 0.4) is 0 Å². The van der Waals surface area contributed by atoms with Crippen LogP contribution < -0.4 is 5.32 Å². The third-order valence-corrected chi connectivity index (χ3v) is 4.53. The third-order valence-electron chi connectivity index (χ3n) is 4.53. The highest BCUT2D eigenvalue weighted by Crippen LogP contribution is 2.19. The van der Waals surface area contributed by atoms with Crippen LogP contribution in [0.25, 0.3) is 0 Å². The lowest BCUT2D eigenvalue weighted by atomic mass is 10.1. The summed E-state index contributed by atoms with van der Waals surface area (Å²) in [5.74, 6) is 0.377. The van der Waals surface area contributed by atoms with Crippen molar-refractivity contribution >= 4 is 11.7 Å². The van der Waals surface area contributed by atoms with Crippen molar-refractivity contribution in [3.8, 4) is 6.07 Å². The fourth-order valence-electron chi connectivity index (χ4n) is 3.07. The normalized spacial score (nSPS) is 16.3. The molecule has 0 bridgehead atoms. The SMILES string of the molecule is N#CCc1ccc(NC(=O)N2CC[C@@H](COCc3ccccc3)C2)cc1. The zero-order valence-corrected chi connectivity index (χ0v) is 14.7. The first-order valence-corrected chi connectivity index (χ1v) is 8.88. The van der Waals surface area contributed by atoms with Gasteiger partial charge in [0.2, 0.25) is 0 Å². The highest BCUT2D eigenvalue weighted by Gasteiger charge is 2.26. The van der Waals surface area contributed by atoms with E-state index in [4.69, 9.17) is 10.00 Å². The number of carbonyl (C=O) groups excluding carboxylic acids is 1. The largest absolute Gasteiger partial charge is 0.376 e. The number of ether oxygens (including phenoxy) is 1. The van der Waals surface area contributed by atoms with Crippen molar-refractivity contribution in [2.75, 3.05) is 25.0 Å². The number of anilines is 1. The predicted octanol–water partition coefficient (Wildman–Crippen LogP) is 3.82. The van der Waals surface area contributed by atoms with Gasteiger partial charge in [-0.3, -0.25) is 0 Å². The molecule has 3 rings (SSSR count). The zero-order valence-electron chi connectivity index (χ0n) is 14.7. The lowest BCUT2D eigenvalue weighted by molar-refractivity contribution is 0.0900. The smallest absolute Gasteiger partial charge is 0.321 e. The van der Waals surface area contributed by atoms with Crippen LogP contribution in [0.1, 0.15) is 17.5 Å². The van der Waals surface area contributed by atoms with Crippen molar-refractivity contribution in [1.82, 2.24) is 4.90 Å². The van der Waals surface area contributed by atoms with Gasteiger partial charge in [0, 0.05) is 24.7 Å². The van der Waals surface area contributed by atoms with Crippen molar-refractivity contribution in [2.45, 2.75) is 19.4 Å². The van der Waals surface area contributed by atoms with E-state index in [0.29, 0.717) is 32.1 Å². The van der Waals surface area contributed by atoms with Gasteiger partial charge in [0.15, 0.2) is 0 Å².